The van der Waals surface area contributed by atoms with Gasteiger partial charge >= 0.3 is 5.97 Å². The number of carboxylic acids is 1. The third-order valence-corrected chi connectivity index (χ3v) is 2.26. The number of carboxylic acid groups (broad SMARTS) is 1. The van der Waals surface area contributed by atoms with Gasteiger partial charge in [0.25, 0.3) is 0 Å². The summed E-state index contributed by atoms with van der Waals surface area (Å²) in [5.74, 6) is -2.48. The van der Waals surface area contributed by atoms with Gasteiger partial charge in [-0.3, -0.25) is 0 Å². The maximum atomic E-state index is 13.5. The standard InChI is InChI=1S/C9H7Cl2FN2O2/c10-3-6(13)14-8-4(9(15)16)1-2-5(11)7(8)12/h1-2H,3H2,(H2,13,14)(H,15,16). The number of nitrogens with two attached hydrogens (primary N) is 1. The van der Waals surface area contributed by atoms with Crippen LogP contribution in [0.3, 0.4) is 0 Å². The van der Waals surface area contributed by atoms with Gasteiger partial charge in [0, 0.05) is 0 Å². The van der Waals surface area contributed by atoms with Crippen LogP contribution in [0.1, 0.15) is 10.4 Å². The van der Waals surface area contributed by atoms with Crippen molar-refractivity contribution in [1.29, 1.82) is 0 Å². The zero-order valence-corrected chi connectivity index (χ0v) is 9.39. The first-order valence-corrected chi connectivity index (χ1v) is 4.99. The van der Waals surface area contributed by atoms with E-state index in [1.807, 2.05) is 0 Å². The minimum absolute atomic E-state index is 0.0923. The van der Waals surface area contributed by atoms with E-state index in [0.29, 0.717) is 0 Å². The summed E-state index contributed by atoms with van der Waals surface area (Å²) in [5, 5.41) is 8.58. The predicted octanol–water partition coefficient (Wildman–Crippen LogP) is 2.40. The molecule has 1 aromatic carbocycles. The van der Waals surface area contributed by atoms with E-state index < -0.39 is 17.5 Å². The quantitative estimate of drug-likeness (QED) is 0.500. The Balaban J connectivity index is 3.43. The molecule has 4 nitrogen and oxygen atoms in total. The van der Waals surface area contributed by atoms with Crippen molar-refractivity contribution in [2.45, 2.75) is 0 Å². The van der Waals surface area contributed by atoms with Gasteiger partial charge < -0.3 is 10.8 Å². The highest BCUT2D eigenvalue weighted by atomic mass is 35.5. The molecule has 0 aliphatic heterocycles. The summed E-state index contributed by atoms with van der Waals surface area (Å²) in [7, 11) is 0. The fraction of sp³-hybridized carbons (Fsp3) is 0.111. The summed E-state index contributed by atoms with van der Waals surface area (Å²) < 4.78 is 13.5. The molecule has 1 aromatic rings. The monoisotopic (exact) mass is 264 g/mol. The SMILES string of the molecule is NC(CCl)=Nc1c(C(=O)O)ccc(Cl)c1F. The van der Waals surface area contributed by atoms with Crippen LogP contribution >= 0.6 is 23.2 Å². The summed E-state index contributed by atoms with van der Waals surface area (Å²) >= 11 is 10.9. The molecule has 0 aromatic heterocycles. The zero-order valence-electron chi connectivity index (χ0n) is 7.88. The lowest BCUT2D eigenvalue weighted by Crippen LogP contribution is -2.13. The largest absolute Gasteiger partial charge is 0.478 e. The Morgan fingerprint density at radius 3 is 2.69 bits per heavy atom. The molecule has 0 heterocycles. The number of alkyl halides is 1. The van der Waals surface area contributed by atoms with Crippen LogP contribution in [0.15, 0.2) is 17.1 Å². The molecule has 0 unspecified atom stereocenters. The van der Waals surface area contributed by atoms with Crippen LogP contribution < -0.4 is 5.73 Å². The molecular formula is C9H7Cl2FN2O2. The van der Waals surface area contributed by atoms with Gasteiger partial charge in [-0.05, 0) is 12.1 Å². The topological polar surface area (TPSA) is 75.7 Å². The summed E-state index contributed by atoms with van der Waals surface area (Å²) in [6.07, 6.45) is 0. The first-order valence-electron chi connectivity index (χ1n) is 4.07. The maximum absolute atomic E-state index is 13.5. The highest BCUT2D eigenvalue weighted by Crippen LogP contribution is 2.29. The fourth-order valence-electron chi connectivity index (χ4n) is 0.995. The zero-order chi connectivity index (χ0) is 12.3. The van der Waals surface area contributed by atoms with Crippen molar-refractivity contribution < 1.29 is 14.3 Å². The molecule has 0 radical (unpaired) electrons. The molecular weight excluding hydrogens is 258 g/mol. The number of halogens is 3. The summed E-state index contributed by atoms with van der Waals surface area (Å²) in [4.78, 5) is 14.4. The van der Waals surface area contributed by atoms with Crippen molar-refractivity contribution in [2.75, 3.05) is 5.88 Å². The summed E-state index contributed by atoms with van der Waals surface area (Å²) in [6.45, 7) is 0. The maximum Gasteiger partial charge on any atom is 0.338 e. The molecule has 0 bridgehead atoms. The van der Waals surface area contributed by atoms with Crippen LogP contribution in [-0.2, 0) is 0 Å². The van der Waals surface area contributed by atoms with Crippen LogP contribution in [-0.4, -0.2) is 22.8 Å². The molecule has 0 fully saturated rings. The number of hydrogen-bond acceptors (Lipinski definition) is 2. The third-order valence-electron chi connectivity index (χ3n) is 1.69. The molecule has 0 atom stereocenters. The van der Waals surface area contributed by atoms with Crippen molar-refractivity contribution in [1.82, 2.24) is 0 Å². The number of carbonyl (C=O) groups is 1. The van der Waals surface area contributed by atoms with Crippen LogP contribution in [0.2, 0.25) is 5.02 Å². The van der Waals surface area contributed by atoms with Gasteiger partial charge in [0.2, 0.25) is 0 Å². The molecule has 3 N–H and O–H groups in total. The minimum atomic E-state index is -1.32. The molecule has 1 rings (SSSR count). The molecule has 0 aliphatic carbocycles. The van der Waals surface area contributed by atoms with Gasteiger partial charge in [-0.1, -0.05) is 11.6 Å². The normalized spacial score (nSPS) is 11.6. The Morgan fingerprint density at radius 1 is 1.56 bits per heavy atom. The van der Waals surface area contributed by atoms with Crippen LogP contribution in [0.5, 0.6) is 0 Å². The van der Waals surface area contributed by atoms with Crippen molar-refractivity contribution in [2.24, 2.45) is 10.7 Å². The van der Waals surface area contributed by atoms with E-state index in [9.17, 15) is 9.18 Å². The van der Waals surface area contributed by atoms with Gasteiger partial charge in [-0.2, -0.15) is 0 Å². The van der Waals surface area contributed by atoms with Crippen molar-refractivity contribution in [3.8, 4) is 0 Å². The van der Waals surface area contributed by atoms with Crippen molar-refractivity contribution in [3.05, 3.63) is 28.5 Å². The smallest absolute Gasteiger partial charge is 0.338 e. The Morgan fingerprint density at radius 2 is 2.19 bits per heavy atom. The minimum Gasteiger partial charge on any atom is -0.478 e. The number of aliphatic imine (C=N–C) groups is 1. The predicted molar refractivity (Wildman–Crippen MR) is 60.4 cm³/mol. The van der Waals surface area contributed by atoms with Gasteiger partial charge in [-0.15, -0.1) is 11.6 Å². The Kier molecular flexibility index (Phi) is 4.09. The lowest BCUT2D eigenvalue weighted by molar-refractivity contribution is 0.0697. The summed E-state index contributed by atoms with van der Waals surface area (Å²) in [6, 6.07) is 2.28. The highest BCUT2D eigenvalue weighted by molar-refractivity contribution is 6.31. The molecule has 0 spiro atoms. The molecule has 0 saturated carbocycles. The molecule has 7 heteroatoms. The lowest BCUT2D eigenvalue weighted by Gasteiger charge is -2.04. The van der Waals surface area contributed by atoms with Gasteiger partial charge in [0.15, 0.2) is 5.82 Å². The van der Waals surface area contributed by atoms with E-state index >= 15 is 0 Å². The second-order valence-corrected chi connectivity index (χ2v) is 3.47. The highest BCUT2D eigenvalue weighted by Gasteiger charge is 2.17. The first-order chi connectivity index (χ1) is 7.47. The number of hydrogen-bond donors (Lipinski definition) is 2. The molecule has 0 amide bonds. The molecule has 86 valence electrons. The first kappa shape index (κ1) is 12.7. The van der Waals surface area contributed by atoms with E-state index in [1.165, 1.54) is 0 Å². The van der Waals surface area contributed by atoms with Crippen LogP contribution in [0.4, 0.5) is 10.1 Å². The van der Waals surface area contributed by atoms with Gasteiger partial charge in [-0.25, -0.2) is 14.2 Å². The average molecular weight is 265 g/mol. The fourth-order valence-corrected chi connectivity index (χ4v) is 1.21. The Bertz CT molecular complexity index is 463. The van der Waals surface area contributed by atoms with Gasteiger partial charge in [0.1, 0.15) is 11.5 Å². The van der Waals surface area contributed by atoms with Crippen LogP contribution in [0, 0.1) is 5.82 Å². The molecule has 0 saturated heterocycles. The number of benzene rings is 1. The van der Waals surface area contributed by atoms with E-state index in [0.717, 1.165) is 12.1 Å². The van der Waals surface area contributed by atoms with E-state index in [-0.39, 0.29) is 22.3 Å². The molecule has 16 heavy (non-hydrogen) atoms. The Hall–Kier alpha value is -1.33. The third kappa shape index (κ3) is 2.62. The van der Waals surface area contributed by atoms with Crippen molar-refractivity contribution >= 4 is 40.7 Å². The van der Waals surface area contributed by atoms with E-state index in [4.69, 9.17) is 34.0 Å². The van der Waals surface area contributed by atoms with Gasteiger partial charge in [0.05, 0.1) is 16.5 Å². The lowest BCUT2D eigenvalue weighted by atomic mass is 10.1. The second-order valence-electron chi connectivity index (χ2n) is 2.80. The second kappa shape index (κ2) is 5.14. The van der Waals surface area contributed by atoms with Crippen LogP contribution in [0.25, 0.3) is 0 Å². The Labute approximate surface area is 100 Å². The van der Waals surface area contributed by atoms with E-state index in [1.54, 1.807) is 0 Å². The molecule has 0 aliphatic rings. The number of rotatable bonds is 3. The van der Waals surface area contributed by atoms with Crippen molar-refractivity contribution in [3.63, 3.8) is 0 Å². The number of amidine groups is 1. The van der Waals surface area contributed by atoms with E-state index in [2.05, 4.69) is 4.99 Å². The average Bonchev–Trinajstić information content (AvgIpc) is 2.24. The number of aromatic carboxylic acids is 1. The summed E-state index contributed by atoms with van der Waals surface area (Å²) in [5.41, 5.74) is 4.57. The number of nitrogens with zero attached hydrogens (tertiary/aromatic N) is 1.